The zero-order valence-electron chi connectivity index (χ0n) is 14.3. The molecule has 26 heavy (non-hydrogen) atoms. The molecular weight excluding hydrogens is 339 g/mol. The summed E-state index contributed by atoms with van der Waals surface area (Å²) in [5.74, 6) is -1.11. The number of H-pyrrole nitrogens is 1. The van der Waals surface area contributed by atoms with E-state index in [4.69, 9.17) is 9.84 Å². The second-order valence-electron chi connectivity index (χ2n) is 7.06. The summed E-state index contributed by atoms with van der Waals surface area (Å²) in [5.41, 5.74) is 2.01. The predicted octanol–water partition coefficient (Wildman–Crippen LogP) is 2.65. The number of likely N-dealkylation sites (tertiary alicyclic amines) is 1. The Morgan fingerprint density at radius 3 is 2.58 bits per heavy atom. The van der Waals surface area contributed by atoms with Crippen molar-refractivity contribution in [1.82, 2.24) is 9.88 Å². The van der Waals surface area contributed by atoms with Gasteiger partial charge in [-0.3, -0.25) is 4.79 Å². The Kier molecular flexibility index (Phi) is 4.40. The number of halogens is 1. The fourth-order valence-corrected chi connectivity index (χ4v) is 4.07. The number of hydrogen-bond donors (Lipinski definition) is 2. The van der Waals surface area contributed by atoms with Gasteiger partial charge in [0.15, 0.2) is 6.10 Å². The Morgan fingerprint density at radius 2 is 1.88 bits per heavy atom. The van der Waals surface area contributed by atoms with Gasteiger partial charge in [-0.15, -0.1) is 0 Å². The lowest BCUT2D eigenvalue weighted by Gasteiger charge is -2.33. The van der Waals surface area contributed by atoms with E-state index in [2.05, 4.69) is 4.98 Å². The molecule has 0 aliphatic carbocycles. The predicted molar refractivity (Wildman–Crippen MR) is 92.3 cm³/mol. The minimum absolute atomic E-state index is 0.114. The van der Waals surface area contributed by atoms with Gasteiger partial charge in [0.05, 0.1) is 0 Å². The molecule has 0 radical (unpaired) electrons. The number of carboxylic acid groups (broad SMARTS) is 1. The van der Waals surface area contributed by atoms with Crippen LogP contribution in [0, 0.1) is 5.82 Å². The Labute approximate surface area is 149 Å². The number of aromatic amines is 1. The third kappa shape index (κ3) is 3.07. The molecular formula is C19H21FN2O4. The summed E-state index contributed by atoms with van der Waals surface area (Å²) < 4.78 is 18.9. The summed E-state index contributed by atoms with van der Waals surface area (Å²) in [6.07, 6.45) is 2.84. The highest BCUT2D eigenvalue weighted by atomic mass is 19.1. The van der Waals surface area contributed by atoms with E-state index in [0.29, 0.717) is 25.9 Å². The van der Waals surface area contributed by atoms with E-state index < -0.39 is 18.2 Å². The van der Waals surface area contributed by atoms with Crippen LogP contribution in [0.15, 0.2) is 24.4 Å². The number of carboxylic acids is 1. The highest BCUT2D eigenvalue weighted by molar-refractivity contribution is 5.84. The van der Waals surface area contributed by atoms with Gasteiger partial charge in [0.25, 0.3) is 5.91 Å². The highest BCUT2D eigenvalue weighted by Gasteiger charge is 2.37. The van der Waals surface area contributed by atoms with E-state index >= 15 is 0 Å². The second-order valence-corrected chi connectivity index (χ2v) is 7.06. The van der Waals surface area contributed by atoms with Crippen LogP contribution in [0.1, 0.15) is 37.2 Å². The molecule has 6 nitrogen and oxygen atoms in total. The third-order valence-electron chi connectivity index (χ3n) is 5.49. The minimum Gasteiger partial charge on any atom is -0.479 e. The van der Waals surface area contributed by atoms with Crippen molar-refractivity contribution >= 4 is 22.8 Å². The Bertz CT molecular complexity index is 841. The Balaban J connectivity index is 1.40. The van der Waals surface area contributed by atoms with Gasteiger partial charge in [0, 0.05) is 30.2 Å². The van der Waals surface area contributed by atoms with Crippen LogP contribution in [0.3, 0.4) is 0 Å². The van der Waals surface area contributed by atoms with Crippen LogP contribution in [0.25, 0.3) is 10.9 Å². The molecule has 2 atom stereocenters. The third-order valence-corrected chi connectivity index (χ3v) is 5.49. The number of fused-ring (bicyclic) bond motifs is 1. The number of carbonyl (C=O) groups excluding carboxylic acids is 1. The Morgan fingerprint density at radius 1 is 1.15 bits per heavy atom. The van der Waals surface area contributed by atoms with E-state index in [0.717, 1.165) is 29.3 Å². The van der Waals surface area contributed by atoms with E-state index in [1.165, 1.54) is 6.07 Å². The van der Waals surface area contributed by atoms with Crippen molar-refractivity contribution in [2.24, 2.45) is 0 Å². The van der Waals surface area contributed by atoms with E-state index in [-0.39, 0.29) is 17.6 Å². The topological polar surface area (TPSA) is 82.6 Å². The number of aromatic nitrogens is 1. The van der Waals surface area contributed by atoms with Crippen molar-refractivity contribution in [2.45, 2.75) is 43.8 Å². The normalized spacial score (nSPS) is 24.3. The summed E-state index contributed by atoms with van der Waals surface area (Å²) in [5, 5.41) is 9.89. The number of rotatable bonds is 3. The van der Waals surface area contributed by atoms with Crippen molar-refractivity contribution in [2.75, 3.05) is 13.1 Å². The first kappa shape index (κ1) is 17.0. The van der Waals surface area contributed by atoms with Gasteiger partial charge in [-0.2, -0.15) is 0 Å². The molecule has 2 aliphatic heterocycles. The molecule has 7 heteroatoms. The largest absolute Gasteiger partial charge is 0.479 e. The molecule has 1 aromatic heterocycles. The smallest absolute Gasteiger partial charge is 0.332 e. The average molecular weight is 360 g/mol. The van der Waals surface area contributed by atoms with Crippen LogP contribution in [-0.2, 0) is 14.3 Å². The zero-order chi connectivity index (χ0) is 18.3. The van der Waals surface area contributed by atoms with Crippen LogP contribution in [0.4, 0.5) is 4.39 Å². The molecule has 2 saturated heterocycles. The van der Waals surface area contributed by atoms with Crippen molar-refractivity contribution < 1.29 is 23.8 Å². The van der Waals surface area contributed by atoms with Gasteiger partial charge in [0.1, 0.15) is 11.9 Å². The standard InChI is InChI=1S/C19H21FN2O4/c20-12-1-2-15-13(9-12)14(10-21-15)11-5-7-22(8-6-11)18(23)16-3-4-17(26-16)19(24)25/h1-2,9-11,16-17,21H,3-8H2,(H,24,25)/t16-,17+/m1/s1. The molecule has 0 saturated carbocycles. The second kappa shape index (κ2) is 6.72. The average Bonchev–Trinajstić information content (AvgIpc) is 3.28. The van der Waals surface area contributed by atoms with Gasteiger partial charge < -0.3 is 19.7 Å². The first-order valence-electron chi connectivity index (χ1n) is 8.96. The number of ether oxygens (including phenoxy) is 1. The summed E-state index contributed by atoms with van der Waals surface area (Å²) in [7, 11) is 0. The number of hydrogen-bond acceptors (Lipinski definition) is 3. The molecule has 1 amide bonds. The van der Waals surface area contributed by atoms with Crippen LogP contribution in [0.2, 0.25) is 0 Å². The quantitative estimate of drug-likeness (QED) is 0.882. The fourth-order valence-electron chi connectivity index (χ4n) is 4.07. The zero-order valence-corrected chi connectivity index (χ0v) is 14.3. The van der Waals surface area contributed by atoms with Gasteiger partial charge in [-0.1, -0.05) is 0 Å². The van der Waals surface area contributed by atoms with Gasteiger partial charge >= 0.3 is 5.97 Å². The lowest BCUT2D eigenvalue weighted by Crippen LogP contribution is -2.43. The van der Waals surface area contributed by atoms with E-state index in [9.17, 15) is 14.0 Å². The summed E-state index contributed by atoms with van der Waals surface area (Å²) in [6.45, 7) is 1.20. The Hall–Kier alpha value is -2.41. The lowest BCUT2D eigenvalue weighted by atomic mass is 9.89. The highest BCUT2D eigenvalue weighted by Crippen LogP contribution is 2.34. The minimum atomic E-state index is -1.01. The number of nitrogens with zero attached hydrogens (tertiary/aromatic N) is 1. The van der Waals surface area contributed by atoms with Crippen molar-refractivity contribution in [3.05, 3.63) is 35.8 Å². The molecule has 2 aromatic rings. The maximum Gasteiger partial charge on any atom is 0.332 e. The molecule has 4 rings (SSSR count). The molecule has 0 bridgehead atoms. The van der Waals surface area contributed by atoms with Gasteiger partial charge in [-0.25, -0.2) is 9.18 Å². The molecule has 0 spiro atoms. The lowest BCUT2D eigenvalue weighted by molar-refractivity contribution is -0.155. The van der Waals surface area contributed by atoms with Crippen molar-refractivity contribution in [1.29, 1.82) is 0 Å². The van der Waals surface area contributed by atoms with Gasteiger partial charge in [0.2, 0.25) is 0 Å². The molecule has 0 unspecified atom stereocenters. The monoisotopic (exact) mass is 360 g/mol. The summed E-state index contributed by atoms with van der Waals surface area (Å²) in [4.78, 5) is 28.5. The van der Waals surface area contributed by atoms with Crippen molar-refractivity contribution in [3.63, 3.8) is 0 Å². The van der Waals surface area contributed by atoms with E-state index in [1.54, 1.807) is 17.0 Å². The number of piperidine rings is 1. The van der Waals surface area contributed by atoms with Crippen LogP contribution in [-0.4, -0.2) is 52.2 Å². The number of aliphatic carboxylic acids is 1. The maximum atomic E-state index is 13.6. The molecule has 1 aromatic carbocycles. The molecule has 138 valence electrons. The number of benzene rings is 1. The first-order chi connectivity index (χ1) is 12.5. The molecule has 2 fully saturated rings. The SMILES string of the molecule is O=C(O)[C@@H]1CC[C@H](C(=O)N2CCC(c3c[nH]c4ccc(F)cc34)CC2)O1. The fraction of sp³-hybridized carbons (Fsp3) is 0.474. The first-order valence-corrected chi connectivity index (χ1v) is 8.96. The number of amides is 1. The van der Waals surface area contributed by atoms with Crippen LogP contribution >= 0.6 is 0 Å². The molecule has 2 aliphatic rings. The van der Waals surface area contributed by atoms with E-state index in [1.807, 2.05) is 6.20 Å². The number of carbonyl (C=O) groups is 2. The van der Waals surface area contributed by atoms with Gasteiger partial charge in [-0.05, 0) is 55.4 Å². The van der Waals surface area contributed by atoms with Crippen LogP contribution < -0.4 is 0 Å². The molecule has 2 N–H and O–H groups in total. The van der Waals surface area contributed by atoms with Crippen LogP contribution in [0.5, 0.6) is 0 Å². The number of nitrogens with one attached hydrogen (secondary N) is 1. The molecule has 3 heterocycles. The maximum absolute atomic E-state index is 13.6. The summed E-state index contributed by atoms with van der Waals surface area (Å²) >= 11 is 0. The summed E-state index contributed by atoms with van der Waals surface area (Å²) in [6, 6.07) is 4.73. The van der Waals surface area contributed by atoms with Crippen molar-refractivity contribution in [3.8, 4) is 0 Å².